The summed E-state index contributed by atoms with van der Waals surface area (Å²) in [4.78, 5) is 0.383. The highest BCUT2D eigenvalue weighted by molar-refractivity contribution is 8.08. The number of nitrogen functional groups attached to an aromatic ring is 1. The molecule has 0 saturated carbocycles. The average Bonchev–Trinajstić information content (AvgIpc) is 2.07. The lowest BCUT2D eigenvalue weighted by atomic mass is 10.1. The number of rotatable bonds is 2. The highest BCUT2D eigenvalue weighted by Crippen LogP contribution is 2.25. The molecule has 1 aromatic carbocycles. The molecule has 0 saturated heterocycles. The first-order valence-electron chi connectivity index (χ1n) is 3.97. The molecule has 3 nitrogen and oxygen atoms in total. The minimum Gasteiger partial charge on any atom is -0.397 e. The number of hydrogen-bond acceptors (Lipinski definition) is 3. The van der Waals surface area contributed by atoms with Crippen LogP contribution in [0, 0.1) is 12.3 Å². The van der Waals surface area contributed by atoms with Gasteiger partial charge in [0, 0.05) is 11.3 Å². The van der Waals surface area contributed by atoms with Gasteiger partial charge in [0.2, 0.25) is 0 Å². The van der Waals surface area contributed by atoms with Crippen LogP contribution < -0.4 is 5.73 Å². The predicted octanol–water partition coefficient (Wildman–Crippen LogP) is 2.23. The lowest BCUT2D eigenvalue weighted by Gasteiger charge is -2.08. The summed E-state index contributed by atoms with van der Waals surface area (Å²) in [6.45, 7) is 3.48. The van der Waals surface area contributed by atoms with Crippen molar-refractivity contribution in [3.63, 3.8) is 0 Å². The molecule has 14 heavy (non-hydrogen) atoms. The first kappa shape index (κ1) is 11.2. The summed E-state index contributed by atoms with van der Waals surface area (Å²) in [5, 5.41) is 7.49. The number of nitrogens with one attached hydrogen (secondary N) is 1. The molecule has 1 atom stereocenters. The van der Waals surface area contributed by atoms with Crippen molar-refractivity contribution < 1.29 is 4.21 Å². The second-order valence-corrected chi connectivity index (χ2v) is 4.80. The van der Waals surface area contributed by atoms with Crippen LogP contribution in [0.3, 0.4) is 0 Å². The van der Waals surface area contributed by atoms with Crippen LogP contribution in [0.2, 0.25) is 0 Å². The van der Waals surface area contributed by atoms with E-state index in [1.54, 1.807) is 19.1 Å². The molecule has 3 N–H and O–H groups in total. The van der Waals surface area contributed by atoms with E-state index in [-0.39, 0.29) is 0 Å². The van der Waals surface area contributed by atoms with Gasteiger partial charge in [0.1, 0.15) is 10.0 Å². The molecule has 0 bridgehead atoms. The molecule has 1 rings (SSSR count). The Kier molecular flexibility index (Phi) is 3.29. The molecule has 0 aliphatic rings. The molecule has 0 spiro atoms. The standard InChI is InChI=1S/C9H11ClN2OS/c1-5-3-7(6(2)11)9(12)8(4-5)14(10)13/h3-4,11H,12H2,1-2H3. The molecule has 0 radical (unpaired) electrons. The first-order valence-corrected chi connectivity index (χ1v) is 5.94. The molecule has 0 aliphatic heterocycles. The van der Waals surface area contributed by atoms with E-state index in [1.807, 2.05) is 6.92 Å². The molecular formula is C9H11ClN2OS. The number of hydrogen-bond donors (Lipinski definition) is 2. The Morgan fingerprint density at radius 3 is 2.57 bits per heavy atom. The van der Waals surface area contributed by atoms with Crippen LogP contribution >= 0.6 is 10.7 Å². The summed E-state index contributed by atoms with van der Waals surface area (Å²) >= 11 is 0. The maximum Gasteiger partial charge on any atom is 0.149 e. The molecule has 76 valence electrons. The van der Waals surface area contributed by atoms with E-state index in [1.165, 1.54) is 0 Å². The van der Waals surface area contributed by atoms with Gasteiger partial charge in [0.05, 0.1) is 10.6 Å². The van der Waals surface area contributed by atoms with Crippen LogP contribution in [-0.2, 0) is 10.0 Å². The van der Waals surface area contributed by atoms with E-state index >= 15 is 0 Å². The summed E-state index contributed by atoms with van der Waals surface area (Å²) in [7, 11) is 3.85. The van der Waals surface area contributed by atoms with Crippen molar-refractivity contribution in [2.24, 2.45) is 0 Å². The number of aryl methyl sites for hydroxylation is 1. The molecule has 1 aromatic rings. The van der Waals surface area contributed by atoms with Crippen molar-refractivity contribution in [3.8, 4) is 0 Å². The zero-order valence-corrected chi connectivity index (χ0v) is 9.50. The Morgan fingerprint density at radius 2 is 2.14 bits per heavy atom. The Hall–Kier alpha value is -0.870. The average molecular weight is 231 g/mol. The summed E-state index contributed by atoms with van der Waals surface area (Å²) < 4.78 is 11.1. The minimum atomic E-state index is -1.63. The Bertz CT molecular complexity index is 382. The van der Waals surface area contributed by atoms with E-state index in [0.29, 0.717) is 21.9 Å². The van der Waals surface area contributed by atoms with Crippen molar-refractivity contribution >= 4 is 32.1 Å². The topological polar surface area (TPSA) is 66.9 Å². The molecule has 0 fully saturated rings. The quantitative estimate of drug-likeness (QED) is 0.465. The third-order valence-corrected chi connectivity index (χ3v) is 3.05. The van der Waals surface area contributed by atoms with Crippen molar-refractivity contribution in [2.75, 3.05) is 5.73 Å². The molecule has 5 heteroatoms. The number of nitrogens with two attached hydrogens (primary N) is 1. The van der Waals surface area contributed by atoms with Gasteiger partial charge >= 0.3 is 0 Å². The van der Waals surface area contributed by atoms with E-state index in [0.717, 1.165) is 5.56 Å². The fraction of sp³-hybridized carbons (Fsp3) is 0.222. The van der Waals surface area contributed by atoms with E-state index in [2.05, 4.69) is 0 Å². The Labute approximate surface area is 89.7 Å². The second-order valence-electron chi connectivity index (χ2n) is 3.07. The zero-order valence-electron chi connectivity index (χ0n) is 7.93. The summed E-state index contributed by atoms with van der Waals surface area (Å²) in [6, 6.07) is 3.45. The van der Waals surface area contributed by atoms with Crippen LogP contribution in [0.15, 0.2) is 17.0 Å². The van der Waals surface area contributed by atoms with Gasteiger partial charge in [-0.1, -0.05) is 0 Å². The third-order valence-electron chi connectivity index (χ3n) is 1.86. The lowest BCUT2D eigenvalue weighted by molar-refractivity contribution is 0.691. The van der Waals surface area contributed by atoms with Gasteiger partial charge in [-0.25, -0.2) is 4.21 Å². The molecule has 0 aromatic heterocycles. The van der Waals surface area contributed by atoms with Gasteiger partial charge in [-0.3, -0.25) is 0 Å². The van der Waals surface area contributed by atoms with Gasteiger partial charge in [-0.2, -0.15) is 0 Å². The smallest absolute Gasteiger partial charge is 0.149 e. The highest BCUT2D eigenvalue weighted by atomic mass is 35.7. The van der Waals surface area contributed by atoms with Crippen LogP contribution in [0.4, 0.5) is 5.69 Å². The third kappa shape index (κ3) is 2.13. The van der Waals surface area contributed by atoms with Gasteiger partial charge in [-0.05, 0) is 42.2 Å². The monoisotopic (exact) mass is 230 g/mol. The first-order chi connectivity index (χ1) is 6.43. The van der Waals surface area contributed by atoms with Gasteiger partial charge in [-0.15, -0.1) is 0 Å². The SMILES string of the molecule is CC(=N)c1cc(C)cc(S(=O)Cl)c1N. The van der Waals surface area contributed by atoms with Crippen molar-refractivity contribution in [1.82, 2.24) is 0 Å². The fourth-order valence-electron chi connectivity index (χ4n) is 1.21. The summed E-state index contributed by atoms with van der Waals surface area (Å²) in [5.74, 6) is 0. The normalized spacial score (nSPS) is 12.5. The Balaban J connectivity index is 3.47. The van der Waals surface area contributed by atoms with Crippen molar-refractivity contribution in [1.29, 1.82) is 5.41 Å². The summed E-state index contributed by atoms with van der Waals surface area (Å²) in [6.07, 6.45) is 0. The second kappa shape index (κ2) is 4.11. The minimum absolute atomic E-state index is 0.330. The van der Waals surface area contributed by atoms with E-state index in [4.69, 9.17) is 21.8 Å². The zero-order chi connectivity index (χ0) is 10.9. The lowest BCUT2D eigenvalue weighted by Crippen LogP contribution is -2.04. The van der Waals surface area contributed by atoms with Crippen LogP contribution in [0.25, 0.3) is 0 Å². The van der Waals surface area contributed by atoms with Crippen LogP contribution in [-0.4, -0.2) is 9.92 Å². The predicted molar refractivity (Wildman–Crippen MR) is 60.4 cm³/mol. The van der Waals surface area contributed by atoms with Gasteiger partial charge in [0.25, 0.3) is 0 Å². The molecule has 1 unspecified atom stereocenters. The van der Waals surface area contributed by atoms with Crippen LogP contribution in [0.1, 0.15) is 18.1 Å². The largest absolute Gasteiger partial charge is 0.397 e. The van der Waals surface area contributed by atoms with E-state index in [9.17, 15) is 4.21 Å². The molecule has 0 amide bonds. The number of halogens is 1. The maximum atomic E-state index is 11.1. The number of anilines is 1. The number of benzene rings is 1. The van der Waals surface area contributed by atoms with Crippen LogP contribution in [0.5, 0.6) is 0 Å². The van der Waals surface area contributed by atoms with Gasteiger partial charge < -0.3 is 11.1 Å². The Morgan fingerprint density at radius 1 is 1.57 bits per heavy atom. The molecule has 0 aliphatic carbocycles. The highest BCUT2D eigenvalue weighted by Gasteiger charge is 2.11. The summed E-state index contributed by atoms with van der Waals surface area (Å²) in [5.41, 5.74) is 7.89. The van der Waals surface area contributed by atoms with E-state index < -0.39 is 10.0 Å². The van der Waals surface area contributed by atoms with Crippen molar-refractivity contribution in [2.45, 2.75) is 18.7 Å². The molecule has 0 heterocycles. The maximum absolute atomic E-state index is 11.1. The fourth-order valence-corrected chi connectivity index (χ4v) is 2.15. The van der Waals surface area contributed by atoms with Crippen molar-refractivity contribution in [3.05, 3.63) is 23.3 Å². The molecular weight excluding hydrogens is 220 g/mol. The van der Waals surface area contributed by atoms with Gasteiger partial charge in [0.15, 0.2) is 0 Å².